The van der Waals surface area contributed by atoms with Crippen LogP contribution in [0.3, 0.4) is 0 Å². The summed E-state index contributed by atoms with van der Waals surface area (Å²) in [5.74, 6) is -0.747. The van der Waals surface area contributed by atoms with E-state index < -0.39 is 29.5 Å². The molecule has 4 N–H and O–H groups in total. The van der Waals surface area contributed by atoms with Gasteiger partial charge in [0.25, 0.3) is 0 Å². The lowest BCUT2D eigenvalue weighted by atomic mass is 9.90. The Morgan fingerprint density at radius 2 is 1.58 bits per heavy atom. The number of para-hydroxylation sites is 2. The normalized spacial score (nSPS) is 19.3. The van der Waals surface area contributed by atoms with Crippen molar-refractivity contribution in [3.8, 4) is 0 Å². The number of rotatable bonds is 9. The zero-order valence-corrected chi connectivity index (χ0v) is 27.4. The molecule has 238 valence electrons. The van der Waals surface area contributed by atoms with Crippen molar-refractivity contribution in [3.05, 3.63) is 101 Å². The number of carbonyl (C=O) groups is 2. The van der Waals surface area contributed by atoms with Crippen molar-refractivity contribution in [2.75, 3.05) is 11.9 Å². The molecule has 3 amide bonds. The first-order valence-corrected chi connectivity index (χ1v) is 15.8. The number of aromatic nitrogens is 1. The van der Waals surface area contributed by atoms with Gasteiger partial charge in [0, 0.05) is 29.2 Å². The molecule has 1 aromatic heterocycles. The average Bonchev–Trinajstić information content (AvgIpc) is 3.40. The first kappa shape index (κ1) is 32.3. The fourth-order valence-electron chi connectivity index (χ4n) is 6.12. The van der Waals surface area contributed by atoms with Crippen LogP contribution >= 0.6 is 0 Å². The minimum Gasteiger partial charge on any atom is -0.361 e. The topological polar surface area (TPSA) is 104 Å². The van der Waals surface area contributed by atoms with Gasteiger partial charge in [-0.05, 0) is 60.9 Å². The number of nitrogens with one attached hydrogen (secondary N) is 4. The smallest absolute Gasteiger partial charge is 0.320 e. The van der Waals surface area contributed by atoms with E-state index >= 15 is 0 Å². The molecule has 5 rings (SSSR count). The van der Waals surface area contributed by atoms with Gasteiger partial charge in [-0.2, -0.15) is 0 Å². The van der Waals surface area contributed by atoms with E-state index in [9.17, 15) is 9.59 Å². The fraction of sp³-hybridized carbons (Fsp3) is 0.405. The number of amides is 3. The van der Waals surface area contributed by atoms with Crippen LogP contribution in [0.25, 0.3) is 10.9 Å². The van der Waals surface area contributed by atoms with Crippen LogP contribution in [0.4, 0.5) is 10.5 Å². The van der Waals surface area contributed by atoms with Gasteiger partial charge >= 0.3 is 6.03 Å². The van der Waals surface area contributed by atoms with Gasteiger partial charge in [-0.15, -0.1) is 0 Å². The highest BCUT2D eigenvalue weighted by Crippen LogP contribution is 2.35. The third-order valence-corrected chi connectivity index (χ3v) is 8.55. The van der Waals surface area contributed by atoms with E-state index in [1.54, 1.807) is 6.92 Å². The predicted octanol–water partition coefficient (Wildman–Crippen LogP) is 7.55. The Balaban J connectivity index is 1.47. The third-order valence-electron chi connectivity index (χ3n) is 8.55. The number of urea groups is 1. The molecule has 0 bridgehead atoms. The number of hydrogen-bond donors (Lipinski definition) is 4. The summed E-state index contributed by atoms with van der Waals surface area (Å²) in [5, 5.41) is 10.4. The maximum atomic E-state index is 14.4. The van der Waals surface area contributed by atoms with E-state index in [4.69, 9.17) is 9.47 Å². The van der Waals surface area contributed by atoms with Crippen LogP contribution in [0.1, 0.15) is 88.7 Å². The molecule has 1 fully saturated rings. The van der Waals surface area contributed by atoms with Crippen LogP contribution < -0.4 is 16.0 Å². The quantitative estimate of drug-likeness (QED) is 0.157. The van der Waals surface area contributed by atoms with E-state index in [-0.39, 0.29) is 30.8 Å². The molecule has 45 heavy (non-hydrogen) atoms. The molecule has 0 spiro atoms. The van der Waals surface area contributed by atoms with E-state index in [0.29, 0.717) is 0 Å². The molecule has 0 radical (unpaired) electrons. The first-order valence-electron chi connectivity index (χ1n) is 15.8. The number of benzene rings is 3. The van der Waals surface area contributed by atoms with Gasteiger partial charge in [0.1, 0.15) is 11.6 Å². The van der Waals surface area contributed by atoms with E-state index in [1.165, 1.54) is 0 Å². The highest BCUT2D eigenvalue weighted by atomic mass is 16.7. The average molecular weight is 611 g/mol. The largest absolute Gasteiger partial charge is 0.361 e. The molecule has 8 heteroatoms. The van der Waals surface area contributed by atoms with Crippen molar-refractivity contribution in [1.29, 1.82) is 0 Å². The van der Waals surface area contributed by atoms with Gasteiger partial charge in [-0.25, -0.2) is 4.79 Å². The number of hydrogen-bond acceptors (Lipinski definition) is 4. The standard InChI is InChI=1S/C37H46N4O4/c1-23(2)27-17-13-18-28(24(3)4)32(27)40-35(43)41-37(7,20-26-21-38-30-19-12-11-16-29(26)30)34(42)39-31-22-44-36(5,6)45-33(31)25-14-9-8-10-15-25/h8-19,21,23-24,31,33,38H,20,22H2,1-7H3,(H,39,42)(H2,40,41,43)/t31-,33?,37?/m0/s1. The molecule has 1 aliphatic rings. The van der Waals surface area contributed by atoms with E-state index in [0.717, 1.165) is 38.8 Å². The summed E-state index contributed by atoms with van der Waals surface area (Å²) < 4.78 is 12.3. The molecule has 1 aliphatic heterocycles. The van der Waals surface area contributed by atoms with Crippen LogP contribution in [0, 0.1) is 0 Å². The summed E-state index contributed by atoms with van der Waals surface area (Å²) in [7, 11) is 0. The maximum absolute atomic E-state index is 14.4. The minimum atomic E-state index is -1.33. The molecule has 3 atom stereocenters. The third kappa shape index (κ3) is 7.24. The molecule has 2 heterocycles. The summed E-state index contributed by atoms with van der Waals surface area (Å²) in [6, 6.07) is 23.0. The van der Waals surface area contributed by atoms with Crippen molar-refractivity contribution in [2.45, 2.75) is 90.2 Å². The molecular formula is C37H46N4O4. The Kier molecular flexibility index (Phi) is 9.37. The van der Waals surface area contributed by atoms with Crippen LogP contribution in [0.15, 0.2) is 79.0 Å². The van der Waals surface area contributed by atoms with Gasteiger partial charge in [-0.1, -0.05) is 94.4 Å². The Labute approximate surface area is 266 Å². The lowest BCUT2D eigenvalue weighted by molar-refractivity contribution is -0.285. The zero-order chi connectivity index (χ0) is 32.4. The SMILES string of the molecule is CC(C)c1cccc(C(C)C)c1NC(=O)NC(C)(Cc1c[nH]c2ccccc12)C(=O)N[C@H]1COC(C)(C)OC1c1ccccc1. The van der Waals surface area contributed by atoms with Crippen LogP contribution in [0.5, 0.6) is 0 Å². The number of aromatic amines is 1. The molecule has 8 nitrogen and oxygen atoms in total. The zero-order valence-electron chi connectivity index (χ0n) is 27.4. The number of fused-ring (bicyclic) bond motifs is 1. The van der Waals surface area contributed by atoms with E-state index in [1.807, 2.05) is 92.8 Å². The van der Waals surface area contributed by atoms with Gasteiger partial charge in [-0.3, -0.25) is 4.79 Å². The second kappa shape index (κ2) is 13.1. The highest BCUT2D eigenvalue weighted by Gasteiger charge is 2.42. The number of carbonyl (C=O) groups excluding carboxylic acids is 2. The highest BCUT2D eigenvalue weighted by molar-refractivity contribution is 5.97. The summed E-state index contributed by atoms with van der Waals surface area (Å²) >= 11 is 0. The van der Waals surface area contributed by atoms with Crippen molar-refractivity contribution in [3.63, 3.8) is 0 Å². The molecule has 1 saturated heterocycles. The van der Waals surface area contributed by atoms with Crippen molar-refractivity contribution < 1.29 is 19.1 Å². The summed E-state index contributed by atoms with van der Waals surface area (Å²) in [4.78, 5) is 31.6. The fourth-order valence-corrected chi connectivity index (χ4v) is 6.12. The van der Waals surface area contributed by atoms with Crippen molar-refractivity contribution >= 4 is 28.5 Å². The van der Waals surface area contributed by atoms with Crippen LogP contribution in [-0.2, 0) is 20.7 Å². The summed E-state index contributed by atoms with van der Waals surface area (Å²) in [6.45, 7) is 14.2. The minimum absolute atomic E-state index is 0.199. The predicted molar refractivity (Wildman–Crippen MR) is 179 cm³/mol. The second-order valence-corrected chi connectivity index (χ2v) is 13.3. The lowest BCUT2D eigenvalue weighted by Crippen LogP contribution is -2.63. The Morgan fingerprint density at radius 1 is 0.933 bits per heavy atom. The van der Waals surface area contributed by atoms with Gasteiger partial charge in [0.05, 0.1) is 12.6 Å². The monoisotopic (exact) mass is 610 g/mol. The molecule has 4 aromatic rings. The van der Waals surface area contributed by atoms with Gasteiger partial charge < -0.3 is 30.4 Å². The molecule has 2 unspecified atom stereocenters. The van der Waals surface area contributed by atoms with Gasteiger partial charge in [0.15, 0.2) is 5.79 Å². The Hall–Kier alpha value is -4.14. The second-order valence-electron chi connectivity index (χ2n) is 13.3. The Morgan fingerprint density at radius 3 is 2.24 bits per heavy atom. The van der Waals surface area contributed by atoms with Crippen molar-refractivity contribution in [1.82, 2.24) is 15.6 Å². The summed E-state index contributed by atoms with van der Waals surface area (Å²) in [5.41, 5.74) is 4.38. The van der Waals surface area contributed by atoms with Gasteiger partial charge in [0.2, 0.25) is 5.91 Å². The lowest BCUT2D eigenvalue weighted by Gasteiger charge is -2.42. The van der Waals surface area contributed by atoms with E-state index in [2.05, 4.69) is 48.6 Å². The summed E-state index contributed by atoms with van der Waals surface area (Å²) in [6.07, 6.45) is 1.73. The molecule has 3 aromatic carbocycles. The van der Waals surface area contributed by atoms with Crippen LogP contribution in [-0.4, -0.2) is 40.9 Å². The van der Waals surface area contributed by atoms with Crippen molar-refractivity contribution in [2.24, 2.45) is 0 Å². The number of anilines is 1. The number of H-pyrrole nitrogens is 1. The maximum Gasteiger partial charge on any atom is 0.320 e. The van der Waals surface area contributed by atoms with Crippen LogP contribution in [0.2, 0.25) is 0 Å². The molecular weight excluding hydrogens is 564 g/mol. The molecule has 0 saturated carbocycles. The number of ether oxygens (including phenoxy) is 2. The molecule has 0 aliphatic carbocycles. The Bertz CT molecular complexity index is 1620. The first-order chi connectivity index (χ1) is 21.4.